The lowest BCUT2D eigenvalue weighted by molar-refractivity contribution is 0.0697. The van der Waals surface area contributed by atoms with Crippen molar-refractivity contribution in [1.29, 1.82) is 0 Å². The second-order valence-corrected chi connectivity index (χ2v) is 4.85. The van der Waals surface area contributed by atoms with Crippen LogP contribution in [0.1, 0.15) is 20.8 Å². The van der Waals surface area contributed by atoms with Crippen molar-refractivity contribution in [3.8, 4) is 11.1 Å². The minimum Gasteiger partial charge on any atom is -0.478 e. The van der Waals surface area contributed by atoms with Crippen molar-refractivity contribution < 1.29 is 9.90 Å². The van der Waals surface area contributed by atoms with Crippen LogP contribution in [-0.4, -0.2) is 11.1 Å². The summed E-state index contributed by atoms with van der Waals surface area (Å²) < 4.78 is 0. The fraction of sp³-hybridized carbons (Fsp3) is 0.154. The molecule has 0 spiro atoms. The van der Waals surface area contributed by atoms with Crippen LogP contribution in [0.25, 0.3) is 11.1 Å². The second kappa shape index (κ2) is 4.10. The molecule has 1 aromatic heterocycles. The highest BCUT2D eigenvalue weighted by Gasteiger charge is 2.09. The molecule has 2 nitrogen and oxygen atoms in total. The molecule has 16 heavy (non-hydrogen) atoms. The molecule has 1 heterocycles. The average molecular weight is 232 g/mol. The predicted octanol–water partition coefficient (Wildman–Crippen LogP) is 3.73. The highest BCUT2D eigenvalue weighted by atomic mass is 32.1. The second-order valence-electron chi connectivity index (χ2n) is 3.73. The fourth-order valence-corrected chi connectivity index (χ4v) is 2.48. The lowest BCUT2D eigenvalue weighted by Crippen LogP contribution is -1.97. The summed E-state index contributed by atoms with van der Waals surface area (Å²) in [6, 6.07) is 7.33. The molecule has 0 bridgehead atoms. The highest BCUT2D eigenvalue weighted by molar-refractivity contribution is 7.10. The van der Waals surface area contributed by atoms with Crippen molar-refractivity contribution in [2.45, 2.75) is 13.8 Å². The molecular weight excluding hydrogens is 220 g/mol. The lowest BCUT2D eigenvalue weighted by atomic mass is 9.99. The summed E-state index contributed by atoms with van der Waals surface area (Å²) in [5, 5.41) is 10.9. The molecule has 0 unspecified atom stereocenters. The minimum atomic E-state index is -0.878. The van der Waals surface area contributed by atoms with Crippen LogP contribution in [0, 0.1) is 13.8 Å². The average Bonchev–Trinajstić information content (AvgIpc) is 2.64. The molecule has 0 fully saturated rings. The minimum absolute atomic E-state index is 0.342. The number of rotatable bonds is 2. The summed E-state index contributed by atoms with van der Waals surface area (Å²) >= 11 is 1.70. The van der Waals surface area contributed by atoms with E-state index in [1.54, 1.807) is 23.5 Å². The molecule has 0 amide bonds. The van der Waals surface area contributed by atoms with Gasteiger partial charge in [0.1, 0.15) is 0 Å². The first-order valence-corrected chi connectivity index (χ1v) is 5.86. The van der Waals surface area contributed by atoms with E-state index in [0.717, 1.165) is 11.1 Å². The van der Waals surface area contributed by atoms with Crippen LogP contribution in [0.4, 0.5) is 0 Å². The third kappa shape index (κ3) is 1.86. The summed E-state index contributed by atoms with van der Waals surface area (Å²) in [6.07, 6.45) is 0. The summed E-state index contributed by atoms with van der Waals surface area (Å²) in [5.74, 6) is -0.878. The van der Waals surface area contributed by atoms with E-state index in [-0.39, 0.29) is 0 Å². The third-order valence-corrected chi connectivity index (χ3v) is 3.47. The summed E-state index contributed by atoms with van der Waals surface area (Å²) in [6.45, 7) is 4.02. The zero-order chi connectivity index (χ0) is 11.7. The lowest BCUT2D eigenvalue weighted by Gasteiger charge is -2.06. The molecule has 0 aliphatic carbocycles. The molecule has 0 aliphatic heterocycles. The Morgan fingerprint density at radius 3 is 2.44 bits per heavy atom. The van der Waals surface area contributed by atoms with Crippen LogP contribution in [0.5, 0.6) is 0 Å². The molecule has 0 radical (unpaired) electrons. The number of carboxylic acids is 1. The van der Waals surface area contributed by atoms with Gasteiger partial charge in [0.05, 0.1) is 5.56 Å². The number of hydrogen-bond acceptors (Lipinski definition) is 2. The molecule has 1 aromatic carbocycles. The van der Waals surface area contributed by atoms with E-state index in [0.29, 0.717) is 5.56 Å². The number of aromatic carboxylic acids is 1. The van der Waals surface area contributed by atoms with Gasteiger partial charge in [0, 0.05) is 4.88 Å². The fourth-order valence-electron chi connectivity index (χ4n) is 1.76. The van der Waals surface area contributed by atoms with Gasteiger partial charge in [0.25, 0.3) is 0 Å². The Labute approximate surface area is 98.2 Å². The summed E-state index contributed by atoms with van der Waals surface area (Å²) in [5.41, 5.74) is 3.65. The normalized spacial score (nSPS) is 10.4. The van der Waals surface area contributed by atoms with Crippen LogP contribution in [0.15, 0.2) is 29.6 Å². The van der Waals surface area contributed by atoms with E-state index in [9.17, 15) is 4.79 Å². The zero-order valence-electron chi connectivity index (χ0n) is 9.15. The number of hydrogen-bond donors (Lipinski definition) is 1. The van der Waals surface area contributed by atoms with E-state index < -0.39 is 5.97 Å². The van der Waals surface area contributed by atoms with Gasteiger partial charge in [-0.25, -0.2) is 4.79 Å². The van der Waals surface area contributed by atoms with E-state index >= 15 is 0 Å². The Bertz CT molecular complexity index is 541. The molecule has 0 saturated carbocycles. The number of thiophene rings is 1. The van der Waals surface area contributed by atoms with Crippen molar-refractivity contribution in [3.63, 3.8) is 0 Å². The molecule has 3 heteroatoms. The molecule has 2 rings (SSSR count). The first-order valence-electron chi connectivity index (χ1n) is 4.98. The molecule has 0 saturated heterocycles. The quantitative estimate of drug-likeness (QED) is 0.856. The molecule has 0 atom stereocenters. The van der Waals surface area contributed by atoms with Crippen LogP contribution < -0.4 is 0 Å². The van der Waals surface area contributed by atoms with Gasteiger partial charge >= 0.3 is 5.97 Å². The Hall–Kier alpha value is -1.61. The van der Waals surface area contributed by atoms with Crippen molar-refractivity contribution in [2.75, 3.05) is 0 Å². The van der Waals surface area contributed by atoms with Gasteiger partial charge in [0.2, 0.25) is 0 Å². The SMILES string of the molecule is Cc1cc(C(=O)O)ccc1-c1ccsc1C. The van der Waals surface area contributed by atoms with Gasteiger partial charge in [-0.1, -0.05) is 6.07 Å². The zero-order valence-corrected chi connectivity index (χ0v) is 9.97. The predicted molar refractivity (Wildman–Crippen MR) is 66.2 cm³/mol. The Kier molecular flexibility index (Phi) is 2.79. The van der Waals surface area contributed by atoms with E-state index in [2.05, 4.69) is 18.4 Å². The van der Waals surface area contributed by atoms with Gasteiger partial charge in [-0.15, -0.1) is 11.3 Å². The number of aryl methyl sites for hydroxylation is 2. The van der Waals surface area contributed by atoms with Crippen molar-refractivity contribution in [3.05, 3.63) is 45.6 Å². The monoisotopic (exact) mass is 232 g/mol. The van der Waals surface area contributed by atoms with Crippen molar-refractivity contribution in [2.24, 2.45) is 0 Å². The van der Waals surface area contributed by atoms with Gasteiger partial charge < -0.3 is 5.11 Å². The van der Waals surface area contributed by atoms with Gasteiger partial charge in [-0.3, -0.25) is 0 Å². The Morgan fingerprint density at radius 1 is 1.19 bits per heavy atom. The smallest absolute Gasteiger partial charge is 0.335 e. The maximum atomic E-state index is 10.8. The molecule has 0 aliphatic rings. The molecule has 2 aromatic rings. The number of carboxylic acid groups (broad SMARTS) is 1. The highest BCUT2D eigenvalue weighted by Crippen LogP contribution is 2.30. The van der Waals surface area contributed by atoms with E-state index in [1.165, 1.54) is 10.4 Å². The third-order valence-electron chi connectivity index (χ3n) is 2.62. The largest absolute Gasteiger partial charge is 0.478 e. The van der Waals surface area contributed by atoms with Crippen LogP contribution in [-0.2, 0) is 0 Å². The van der Waals surface area contributed by atoms with Crippen molar-refractivity contribution in [1.82, 2.24) is 0 Å². The van der Waals surface area contributed by atoms with Crippen LogP contribution >= 0.6 is 11.3 Å². The van der Waals surface area contributed by atoms with Crippen LogP contribution in [0.3, 0.4) is 0 Å². The Morgan fingerprint density at radius 2 is 1.94 bits per heavy atom. The van der Waals surface area contributed by atoms with E-state index in [4.69, 9.17) is 5.11 Å². The first-order chi connectivity index (χ1) is 7.59. The maximum absolute atomic E-state index is 10.8. The standard InChI is InChI=1S/C13H12O2S/c1-8-7-10(13(14)15)3-4-11(8)12-5-6-16-9(12)2/h3-7H,1-2H3,(H,14,15). The van der Waals surface area contributed by atoms with Gasteiger partial charge in [0.15, 0.2) is 0 Å². The Balaban J connectivity index is 2.52. The first kappa shape index (κ1) is 10.9. The van der Waals surface area contributed by atoms with Gasteiger partial charge in [-0.05, 0) is 54.1 Å². The van der Waals surface area contributed by atoms with Gasteiger partial charge in [-0.2, -0.15) is 0 Å². The number of benzene rings is 1. The summed E-state index contributed by atoms with van der Waals surface area (Å²) in [7, 11) is 0. The molecule has 1 N–H and O–H groups in total. The van der Waals surface area contributed by atoms with E-state index in [1.807, 2.05) is 13.0 Å². The topological polar surface area (TPSA) is 37.3 Å². The molecule has 82 valence electrons. The number of carbonyl (C=O) groups is 1. The maximum Gasteiger partial charge on any atom is 0.335 e. The summed E-state index contributed by atoms with van der Waals surface area (Å²) in [4.78, 5) is 12.1. The molecular formula is C13H12O2S. The van der Waals surface area contributed by atoms with Crippen molar-refractivity contribution >= 4 is 17.3 Å². The van der Waals surface area contributed by atoms with Crippen LogP contribution in [0.2, 0.25) is 0 Å².